The molecule has 6 nitrogen and oxygen atoms in total. The maximum absolute atomic E-state index is 13.5. The molecule has 0 saturated heterocycles. The Kier molecular flexibility index (Phi) is 6.22. The van der Waals surface area contributed by atoms with E-state index in [9.17, 15) is 4.39 Å². The summed E-state index contributed by atoms with van der Waals surface area (Å²) in [5, 5.41) is 2.03. The molecule has 5 aromatic rings. The molecule has 8 heteroatoms. The van der Waals surface area contributed by atoms with Crippen LogP contribution in [0.4, 0.5) is 10.2 Å². The highest BCUT2D eigenvalue weighted by atomic mass is 32.2. The number of methoxy groups -OCH3 is 1. The lowest BCUT2D eigenvalue weighted by Gasteiger charge is -2.13. The maximum Gasteiger partial charge on any atom is 0.139 e. The van der Waals surface area contributed by atoms with E-state index in [1.807, 2.05) is 36.4 Å². The third kappa shape index (κ3) is 4.77. The molecule has 0 atom stereocenters. The van der Waals surface area contributed by atoms with Gasteiger partial charge in [-0.2, -0.15) is 0 Å². The number of ether oxygens (including phenoxy) is 2. The van der Waals surface area contributed by atoms with Gasteiger partial charge in [-0.25, -0.2) is 14.4 Å². The van der Waals surface area contributed by atoms with Gasteiger partial charge in [0.25, 0.3) is 0 Å². The summed E-state index contributed by atoms with van der Waals surface area (Å²) in [4.78, 5) is 13.8. The van der Waals surface area contributed by atoms with Crippen molar-refractivity contribution >= 4 is 28.5 Å². The third-order valence-corrected chi connectivity index (χ3v) is 5.85. The molecule has 0 saturated carbocycles. The van der Waals surface area contributed by atoms with Crippen molar-refractivity contribution in [1.29, 1.82) is 0 Å². The van der Waals surface area contributed by atoms with E-state index in [1.165, 1.54) is 30.4 Å². The van der Waals surface area contributed by atoms with Gasteiger partial charge in [0.15, 0.2) is 0 Å². The van der Waals surface area contributed by atoms with E-state index in [2.05, 4.69) is 25.7 Å². The Bertz CT molecular complexity index is 1450. The van der Waals surface area contributed by atoms with Gasteiger partial charge in [-0.1, -0.05) is 12.1 Å². The molecule has 5 rings (SSSR count). The standard InChI is InChI=1S/C26H19FN4O2S/c1-32-24-15-20(33-19-4-2-3-18(27)14-19)5-7-23(24)26-22-8-6-21(13-17(22)9-12-29-26)34-31-25-10-11-28-16-30-25/h2-16H,1H3,(H,28,30,31). The maximum atomic E-state index is 13.5. The fraction of sp³-hybridized carbons (Fsp3) is 0.0385. The Labute approximate surface area is 200 Å². The topological polar surface area (TPSA) is 69.2 Å². The van der Waals surface area contributed by atoms with E-state index < -0.39 is 0 Å². The molecule has 0 aliphatic heterocycles. The number of nitrogens with zero attached hydrogens (tertiary/aromatic N) is 3. The zero-order valence-electron chi connectivity index (χ0n) is 18.1. The number of fused-ring (bicyclic) bond motifs is 1. The average molecular weight is 471 g/mol. The first-order valence-corrected chi connectivity index (χ1v) is 11.2. The number of halogens is 1. The lowest BCUT2D eigenvalue weighted by atomic mass is 10.0. The molecule has 0 unspecified atom stereocenters. The fourth-order valence-electron chi connectivity index (χ4n) is 3.49. The summed E-state index contributed by atoms with van der Waals surface area (Å²) in [6.07, 6.45) is 4.97. The smallest absolute Gasteiger partial charge is 0.139 e. The highest BCUT2D eigenvalue weighted by Gasteiger charge is 2.13. The zero-order valence-corrected chi connectivity index (χ0v) is 18.9. The van der Waals surface area contributed by atoms with Gasteiger partial charge in [0.1, 0.15) is 35.2 Å². The van der Waals surface area contributed by atoms with Crippen molar-refractivity contribution in [3.05, 3.63) is 97.3 Å². The van der Waals surface area contributed by atoms with Crippen molar-refractivity contribution in [2.75, 3.05) is 11.8 Å². The molecule has 0 amide bonds. The summed E-state index contributed by atoms with van der Waals surface area (Å²) in [7, 11) is 1.60. The van der Waals surface area contributed by atoms with Crippen molar-refractivity contribution in [2.45, 2.75) is 4.90 Å². The van der Waals surface area contributed by atoms with E-state index in [0.717, 1.165) is 32.7 Å². The second kappa shape index (κ2) is 9.76. The van der Waals surface area contributed by atoms with Crippen LogP contribution in [0.15, 0.2) is 96.4 Å². The Hall–Kier alpha value is -4.17. The van der Waals surface area contributed by atoms with Gasteiger partial charge in [0.05, 0.1) is 12.8 Å². The Morgan fingerprint density at radius 1 is 0.882 bits per heavy atom. The van der Waals surface area contributed by atoms with Gasteiger partial charge in [-0.05, 0) is 65.9 Å². The van der Waals surface area contributed by atoms with Gasteiger partial charge in [0.2, 0.25) is 0 Å². The van der Waals surface area contributed by atoms with Crippen molar-refractivity contribution in [3.63, 3.8) is 0 Å². The number of benzene rings is 3. The monoisotopic (exact) mass is 470 g/mol. The van der Waals surface area contributed by atoms with Crippen LogP contribution in [0.1, 0.15) is 0 Å². The second-order valence-electron chi connectivity index (χ2n) is 7.26. The van der Waals surface area contributed by atoms with E-state index in [0.29, 0.717) is 17.2 Å². The number of rotatable bonds is 7. The van der Waals surface area contributed by atoms with E-state index in [4.69, 9.17) is 9.47 Å². The molecular formula is C26H19FN4O2S. The van der Waals surface area contributed by atoms with Crippen LogP contribution in [0.2, 0.25) is 0 Å². The number of anilines is 1. The van der Waals surface area contributed by atoms with Gasteiger partial charge in [0, 0.05) is 40.4 Å². The molecule has 0 aliphatic rings. The van der Waals surface area contributed by atoms with Crippen molar-refractivity contribution < 1.29 is 13.9 Å². The molecule has 0 spiro atoms. The number of hydrogen-bond donors (Lipinski definition) is 1. The number of aromatic nitrogens is 3. The molecule has 0 radical (unpaired) electrons. The molecule has 0 bridgehead atoms. The Morgan fingerprint density at radius 2 is 1.79 bits per heavy atom. The first-order chi connectivity index (χ1) is 16.7. The van der Waals surface area contributed by atoms with E-state index >= 15 is 0 Å². The predicted octanol–water partition coefficient (Wildman–Crippen LogP) is 6.75. The van der Waals surface area contributed by atoms with Crippen LogP contribution in [0, 0.1) is 5.82 Å². The Balaban J connectivity index is 1.43. The largest absolute Gasteiger partial charge is 0.496 e. The van der Waals surface area contributed by atoms with Crippen LogP contribution in [0.5, 0.6) is 17.2 Å². The SMILES string of the molecule is COc1cc(Oc2cccc(F)c2)ccc1-c1nccc2cc(SNc3ccncn3)ccc12. The molecule has 0 fully saturated rings. The Morgan fingerprint density at radius 3 is 2.62 bits per heavy atom. The molecule has 2 aromatic heterocycles. The summed E-state index contributed by atoms with van der Waals surface area (Å²) in [5.74, 6) is 1.95. The lowest BCUT2D eigenvalue weighted by molar-refractivity contribution is 0.410. The van der Waals surface area contributed by atoms with Gasteiger partial charge >= 0.3 is 0 Å². The minimum absolute atomic E-state index is 0.356. The first-order valence-electron chi connectivity index (χ1n) is 10.4. The summed E-state index contributed by atoms with van der Waals surface area (Å²) in [5.41, 5.74) is 1.63. The van der Waals surface area contributed by atoms with Crippen molar-refractivity contribution in [3.8, 4) is 28.5 Å². The highest BCUT2D eigenvalue weighted by Crippen LogP contribution is 2.38. The summed E-state index contributed by atoms with van der Waals surface area (Å²) in [6.45, 7) is 0. The minimum atomic E-state index is -0.356. The summed E-state index contributed by atoms with van der Waals surface area (Å²) in [6, 6.07) is 21.4. The highest BCUT2D eigenvalue weighted by molar-refractivity contribution is 8.00. The molecule has 2 heterocycles. The van der Waals surface area contributed by atoms with Crippen molar-refractivity contribution in [2.24, 2.45) is 0 Å². The number of hydrogen-bond acceptors (Lipinski definition) is 7. The second-order valence-corrected chi connectivity index (χ2v) is 8.14. The quantitative estimate of drug-likeness (QED) is 0.264. The number of nitrogens with one attached hydrogen (secondary N) is 1. The van der Waals surface area contributed by atoms with Gasteiger partial charge in [-0.15, -0.1) is 0 Å². The fourth-order valence-corrected chi connectivity index (χ4v) is 4.16. The van der Waals surface area contributed by atoms with Gasteiger partial charge in [-0.3, -0.25) is 4.98 Å². The average Bonchev–Trinajstić information content (AvgIpc) is 2.87. The van der Waals surface area contributed by atoms with Crippen LogP contribution in [0.3, 0.4) is 0 Å². The normalized spacial score (nSPS) is 10.8. The molecule has 34 heavy (non-hydrogen) atoms. The van der Waals surface area contributed by atoms with Gasteiger partial charge < -0.3 is 14.2 Å². The van der Waals surface area contributed by atoms with E-state index in [1.54, 1.807) is 37.7 Å². The number of pyridine rings is 1. The molecular weight excluding hydrogens is 451 g/mol. The van der Waals surface area contributed by atoms with Crippen molar-refractivity contribution in [1.82, 2.24) is 15.0 Å². The van der Waals surface area contributed by atoms with Crippen LogP contribution in [-0.4, -0.2) is 22.1 Å². The predicted molar refractivity (Wildman–Crippen MR) is 132 cm³/mol. The molecule has 0 aliphatic carbocycles. The van der Waals surface area contributed by atoms with Crippen LogP contribution >= 0.6 is 11.9 Å². The summed E-state index contributed by atoms with van der Waals surface area (Å²) < 4.78 is 28.1. The molecule has 1 N–H and O–H groups in total. The third-order valence-electron chi connectivity index (χ3n) is 5.05. The minimum Gasteiger partial charge on any atom is -0.496 e. The lowest BCUT2D eigenvalue weighted by Crippen LogP contribution is -1.94. The first kappa shape index (κ1) is 21.7. The zero-order chi connectivity index (χ0) is 23.3. The van der Waals surface area contributed by atoms with Crippen LogP contribution in [0.25, 0.3) is 22.0 Å². The van der Waals surface area contributed by atoms with Crippen LogP contribution in [-0.2, 0) is 0 Å². The van der Waals surface area contributed by atoms with Crippen LogP contribution < -0.4 is 14.2 Å². The molecule has 3 aromatic carbocycles. The molecule has 168 valence electrons. The summed E-state index contributed by atoms with van der Waals surface area (Å²) >= 11 is 1.47. The van der Waals surface area contributed by atoms with E-state index in [-0.39, 0.29) is 5.82 Å².